The van der Waals surface area contributed by atoms with E-state index in [9.17, 15) is 0 Å². The zero-order valence-corrected chi connectivity index (χ0v) is 16.2. The summed E-state index contributed by atoms with van der Waals surface area (Å²) in [4.78, 5) is 9.45. The van der Waals surface area contributed by atoms with Crippen LogP contribution in [0.5, 0.6) is 0 Å². The van der Waals surface area contributed by atoms with Crippen molar-refractivity contribution >= 4 is 5.96 Å². The molecule has 1 heterocycles. The number of rotatable bonds is 8. The van der Waals surface area contributed by atoms with Crippen molar-refractivity contribution in [2.45, 2.75) is 57.9 Å². The molecule has 0 bridgehead atoms. The predicted octanol–water partition coefficient (Wildman–Crippen LogP) is 2.15. The van der Waals surface area contributed by atoms with Crippen LogP contribution >= 0.6 is 0 Å². The van der Waals surface area contributed by atoms with Crippen molar-refractivity contribution in [2.24, 2.45) is 10.9 Å². The first-order valence-electron chi connectivity index (χ1n) is 10.1. The van der Waals surface area contributed by atoms with Gasteiger partial charge in [0.05, 0.1) is 0 Å². The maximum atomic E-state index is 4.34. The Hall–Kier alpha value is -0.810. The molecule has 0 aromatic carbocycles. The van der Waals surface area contributed by atoms with Crippen LogP contribution in [0.1, 0.15) is 51.9 Å². The van der Waals surface area contributed by atoms with Gasteiger partial charge in [-0.25, -0.2) is 0 Å². The lowest BCUT2D eigenvalue weighted by molar-refractivity contribution is 0.191. The fourth-order valence-corrected chi connectivity index (χ4v) is 3.89. The molecule has 5 nitrogen and oxygen atoms in total. The SMILES string of the molecule is CN=C(NCCCN1CCC(C)CC1)NCCN(C)C1CCCC1. The highest BCUT2D eigenvalue weighted by molar-refractivity contribution is 5.79. The standard InChI is InChI=1S/C19H39N5/c1-17-9-14-24(15-10-17)13-6-11-21-19(20-2)22-12-16-23(3)18-7-4-5-8-18/h17-18H,4-16H2,1-3H3,(H2,20,21,22). The molecule has 2 fully saturated rings. The topological polar surface area (TPSA) is 42.9 Å². The number of likely N-dealkylation sites (N-methyl/N-ethyl adjacent to an activating group) is 1. The van der Waals surface area contributed by atoms with Crippen LogP contribution in [0.15, 0.2) is 4.99 Å². The van der Waals surface area contributed by atoms with Gasteiger partial charge in [-0.05, 0) is 64.7 Å². The van der Waals surface area contributed by atoms with Crippen molar-refractivity contribution in [3.05, 3.63) is 0 Å². The summed E-state index contributed by atoms with van der Waals surface area (Å²) in [6, 6.07) is 0.800. The number of hydrogen-bond donors (Lipinski definition) is 2. The van der Waals surface area contributed by atoms with Gasteiger partial charge in [0.15, 0.2) is 5.96 Å². The van der Waals surface area contributed by atoms with E-state index in [2.05, 4.69) is 39.4 Å². The second kappa shape index (κ2) is 10.9. The van der Waals surface area contributed by atoms with Crippen molar-refractivity contribution in [1.29, 1.82) is 0 Å². The molecular formula is C19H39N5. The minimum absolute atomic E-state index is 0.800. The molecule has 0 atom stereocenters. The van der Waals surface area contributed by atoms with E-state index in [4.69, 9.17) is 0 Å². The summed E-state index contributed by atoms with van der Waals surface area (Å²) < 4.78 is 0. The van der Waals surface area contributed by atoms with Gasteiger partial charge in [0.25, 0.3) is 0 Å². The van der Waals surface area contributed by atoms with Crippen LogP contribution in [0.25, 0.3) is 0 Å². The Kier molecular flexibility index (Phi) is 8.89. The second-order valence-electron chi connectivity index (χ2n) is 7.72. The van der Waals surface area contributed by atoms with Crippen LogP contribution in [0.4, 0.5) is 0 Å². The Balaban J connectivity index is 1.50. The number of nitrogens with zero attached hydrogens (tertiary/aromatic N) is 3. The lowest BCUT2D eigenvalue weighted by Gasteiger charge is -2.30. The summed E-state index contributed by atoms with van der Waals surface area (Å²) in [6.45, 7) is 9.21. The smallest absolute Gasteiger partial charge is 0.191 e. The van der Waals surface area contributed by atoms with E-state index in [1.54, 1.807) is 0 Å². The lowest BCUT2D eigenvalue weighted by atomic mass is 9.99. The van der Waals surface area contributed by atoms with Gasteiger partial charge in [-0.1, -0.05) is 19.8 Å². The van der Waals surface area contributed by atoms with Crippen LogP contribution in [0, 0.1) is 5.92 Å². The van der Waals surface area contributed by atoms with E-state index in [-0.39, 0.29) is 0 Å². The van der Waals surface area contributed by atoms with E-state index in [1.807, 2.05) is 7.05 Å². The number of piperidine rings is 1. The van der Waals surface area contributed by atoms with Crippen LogP contribution in [-0.2, 0) is 0 Å². The van der Waals surface area contributed by atoms with Gasteiger partial charge in [0.1, 0.15) is 0 Å². The molecule has 1 aliphatic carbocycles. The van der Waals surface area contributed by atoms with Crippen LogP contribution in [0.3, 0.4) is 0 Å². The number of guanidine groups is 1. The van der Waals surface area contributed by atoms with Gasteiger partial charge in [0, 0.05) is 32.7 Å². The average molecular weight is 338 g/mol. The van der Waals surface area contributed by atoms with Crippen molar-refractivity contribution < 1.29 is 0 Å². The van der Waals surface area contributed by atoms with E-state index in [0.29, 0.717) is 0 Å². The molecule has 1 aliphatic heterocycles. The third-order valence-electron chi connectivity index (χ3n) is 5.75. The van der Waals surface area contributed by atoms with Crippen molar-refractivity contribution in [1.82, 2.24) is 20.4 Å². The van der Waals surface area contributed by atoms with Crippen molar-refractivity contribution in [2.75, 3.05) is 53.4 Å². The maximum Gasteiger partial charge on any atom is 0.191 e. The zero-order valence-electron chi connectivity index (χ0n) is 16.2. The van der Waals surface area contributed by atoms with Gasteiger partial charge >= 0.3 is 0 Å². The number of likely N-dealkylation sites (tertiary alicyclic amines) is 1. The Bertz CT molecular complexity index is 357. The molecule has 24 heavy (non-hydrogen) atoms. The Labute approximate surface area is 149 Å². The summed E-state index contributed by atoms with van der Waals surface area (Å²) in [7, 11) is 4.12. The van der Waals surface area contributed by atoms with E-state index in [0.717, 1.165) is 37.6 Å². The minimum atomic E-state index is 0.800. The number of hydrogen-bond acceptors (Lipinski definition) is 3. The Morgan fingerprint density at radius 3 is 2.42 bits per heavy atom. The van der Waals surface area contributed by atoms with Crippen LogP contribution in [-0.4, -0.2) is 75.2 Å². The Morgan fingerprint density at radius 1 is 1.08 bits per heavy atom. The number of nitrogens with one attached hydrogen (secondary N) is 2. The zero-order chi connectivity index (χ0) is 17.2. The third-order valence-corrected chi connectivity index (χ3v) is 5.75. The highest BCUT2D eigenvalue weighted by Gasteiger charge is 2.19. The molecule has 2 rings (SSSR count). The van der Waals surface area contributed by atoms with Gasteiger partial charge < -0.3 is 20.4 Å². The van der Waals surface area contributed by atoms with Crippen molar-refractivity contribution in [3.8, 4) is 0 Å². The van der Waals surface area contributed by atoms with Crippen LogP contribution in [0.2, 0.25) is 0 Å². The van der Waals surface area contributed by atoms with E-state index in [1.165, 1.54) is 64.6 Å². The molecule has 5 heteroatoms. The molecule has 0 spiro atoms. The highest BCUT2D eigenvalue weighted by Crippen LogP contribution is 2.21. The first kappa shape index (κ1) is 19.5. The molecule has 2 N–H and O–H groups in total. The lowest BCUT2D eigenvalue weighted by Crippen LogP contribution is -2.43. The summed E-state index contributed by atoms with van der Waals surface area (Å²) in [5, 5.41) is 6.91. The normalized spacial score (nSPS) is 21.6. The quantitative estimate of drug-likeness (QED) is 0.405. The van der Waals surface area contributed by atoms with E-state index < -0.39 is 0 Å². The largest absolute Gasteiger partial charge is 0.356 e. The molecule has 140 valence electrons. The van der Waals surface area contributed by atoms with E-state index >= 15 is 0 Å². The molecule has 2 aliphatic rings. The molecule has 0 radical (unpaired) electrons. The van der Waals surface area contributed by atoms with Gasteiger partial charge in [-0.3, -0.25) is 4.99 Å². The average Bonchev–Trinajstić information content (AvgIpc) is 3.13. The Morgan fingerprint density at radius 2 is 1.75 bits per heavy atom. The molecule has 0 amide bonds. The van der Waals surface area contributed by atoms with Gasteiger partial charge in [-0.2, -0.15) is 0 Å². The fourth-order valence-electron chi connectivity index (χ4n) is 3.89. The molecule has 0 aromatic heterocycles. The molecule has 1 saturated carbocycles. The first-order chi connectivity index (χ1) is 11.7. The van der Waals surface area contributed by atoms with Crippen molar-refractivity contribution in [3.63, 3.8) is 0 Å². The molecule has 1 saturated heterocycles. The monoisotopic (exact) mass is 337 g/mol. The molecule has 0 unspecified atom stereocenters. The summed E-state index contributed by atoms with van der Waals surface area (Å²) in [6.07, 6.45) is 9.48. The molecular weight excluding hydrogens is 298 g/mol. The fraction of sp³-hybridized carbons (Fsp3) is 0.947. The third kappa shape index (κ3) is 6.98. The predicted molar refractivity (Wildman–Crippen MR) is 104 cm³/mol. The summed E-state index contributed by atoms with van der Waals surface area (Å²) in [5.41, 5.74) is 0. The maximum absolute atomic E-state index is 4.34. The van der Waals surface area contributed by atoms with Gasteiger partial charge in [-0.15, -0.1) is 0 Å². The first-order valence-corrected chi connectivity index (χ1v) is 10.1. The second-order valence-corrected chi connectivity index (χ2v) is 7.72. The minimum Gasteiger partial charge on any atom is -0.356 e. The summed E-state index contributed by atoms with van der Waals surface area (Å²) in [5.74, 6) is 1.87. The summed E-state index contributed by atoms with van der Waals surface area (Å²) >= 11 is 0. The van der Waals surface area contributed by atoms with Gasteiger partial charge in [0.2, 0.25) is 0 Å². The molecule has 0 aromatic rings. The van der Waals surface area contributed by atoms with Crippen LogP contribution < -0.4 is 10.6 Å². The number of aliphatic imine (C=N–C) groups is 1. The highest BCUT2D eigenvalue weighted by atomic mass is 15.2.